The maximum atomic E-state index is 12.2. The van der Waals surface area contributed by atoms with Gasteiger partial charge in [-0.25, -0.2) is 0 Å². The van der Waals surface area contributed by atoms with Crippen molar-refractivity contribution in [3.8, 4) is 11.1 Å². The van der Waals surface area contributed by atoms with Crippen molar-refractivity contribution in [2.24, 2.45) is 5.92 Å². The standard InChI is InChI=1S/C19H22N2O.ClH/c22-19(11-10-15-12-13-20-14-15)21-18-9-5-4-8-17(18)16-6-2-1-3-7-16;/h1-9,15,20H,10-14H2,(H,21,22);1H. The lowest BCUT2D eigenvalue weighted by atomic mass is 10.0. The normalized spacial score (nSPS) is 16.6. The minimum absolute atomic E-state index is 0. The molecule has 1 atom stereocenters. The Morgan fingerprint density at radius 1 is 1.09 bits per heavy atom. The van der Waals surface area contributed by atoms with E-state index in [-0.39, 0.29) is 18.3 Å². The van der Waals surface area contributed by atoms with Crippen LogP contribution in [0, 0.1) is 5.92 Å². The summed E-state index contributed by atoms with van der Waals surface area (Å²) in [6, 6.07) is 18.1. The lowest BCUT2D eigenvalue weighted by Gasteiger charge is -2.12. The predicted molar refractivity (Wildman–Crippen MR) is 98.0 cm³/mol. The highest BCUT2D eigenvalue weighted by Gasteiger charge is 2.16. The van der Waals surface area contributed by atoms with E-state index < -0.39 is 0 Å². The minimum Gasteiger partial charge on any atom is -0.326 e. The summed E-state index contributed by atoms with van der Waals surface area (Å²) in [6.45, 7) is 2.14. The molecule has 0 saturated carbocycles. The number of benzene rings is 2. The number of halogens is 1. The van der Waals surface area contributed by atoms with Crippen LogP contribution in [0.4, 0.5) is 5.69 Å². The van der Waals surface area contributed by atoms with E-state index in [0.717, 1.165) is 36.3 Å². The van der Waals surface area contributed by atoms with Gasteiger partial charge in [-0.3, -0.25) is 4.79 Å². The fourth-order valence-corrected chi connectivity index (χ4v) is 2.97. The Morgan fingerprint density at radius 2 is 1.83 bits per heavy atom. The molecule has 1 fully saturated rings. The van der Waals surface area contributed by atoms with E-state index in [9.17, 15) is 4.79 Å². The molecule has 2 aromatic carbocycles. The molecule has 3 rings (SSSR count). The van der Waals surface area contributed by atoms with E-state index in [1.165, 1.54) is 6.42 Å². The molecule has 0 spiro atoms. The molecule has 1 heterocycles. The SMILES string of the molecule is Cl.O=C(CCC1CCNC1)Nc1ccccc1-c1ccccc1. The summed E-state index contributed by atoms with van der Waals surface area (Å²) in [5.74, 6) is 0.755. The van der Waals surface area contributed by atoms with E-state index in [4.69, 9.17) is 0 Å². The van der Waals surface area contributed by atoms with Crippen molar-refractivity contribution in [3.05, 3.63) is 54.6 Å². The molecule has 1 aliphatic heterocycles. The third-order valence-corrected chi connectivity index (χ3v) is 4.23. The van der Waals surface area contributed by atoms with Crippen molar-refractivity contribution in [2.45, 2.75) is 19.3 Å². The maximum Gasteiger partial charge on any atom is 0.224 e. The summed E-state index contributed by atoms with van der Waals surface area (Å²) in [4.78, 5) is 12.2. The van der Waals surface area contributed by atoms with Crippen molar-refractivity contribution in [3.63, 3.8) is 0 Å². The Morgan fingerprint density at radius 3 is 2.57 bits per heavy atom. The van der Waals surface area contributed by atoms with Crippen LogP contribution in [-0.4, -0.2) is 19.0 Å². The summed E-state index contributed by atoms with van der Waals surface area (Å²) in [6.07, 6.45) is 2.75. The number of hydrogen-bond acceptors (Lipinski definition) is 2. The van der Waals surface area contributed by atoms with Gasteiger partial charge in [-0.1, -0.05) is 48.5 Å². The van der Waals surface area contributed by atoms with Gasteiger partial charge < -0.3 is 10.6 Å². The number of para-hydroxylation sites is 1. The van der Waals surface area contributed by atoms with Gasteiger partial charge in [-0.2, -0.15) is 0 Å². The highest BCUT2D eigenvalue weighted by Crippen LogP contribution is 2.27. The number of hydrogen-bond donors (Lipinski definition) is 2. The summed E-state index contributed by atoms with van der Waals surface area (Å²) in [5.41, 5.74) is 3.08. The fourth-order valence-electron chi connectivity index (χ4n) is 2.97. The molecule has 0 aliphatic carbocycles. The topological polar surface area (TPSA) is 41.1 Å². The zero-order valence-electron chi connectivity index (χ0n) is 13.1. The average Bonchev–Trinajstić information content (AvgIpc) is 3.08. The first-order valence-corrected chi connectivity index (χ1v) is 7.98. The molecule has 1 saturated heterocycles. The highest BCUT2D eigenvalue weighted by atomic mass is 35.5. The van der Waals surface area contributed by atoms with Crippen LogP contribution < -0.4 is 10.6 Å². The molecule has 0 aromatic heterocycles. The third-order valence-electron chi connectivity index (χ3n) is 4.23. The number of amides is 1. The van der Waals surface area contributed by atoms with Gasteiger partial charge in [0.2, 0.25) is 5.91 Å². The zero-order valence-corrected chi connectivity index (χ0v) is 13.9. The molecule has 2 N–H and O–H groups in total. The Hall–Kier alpha value is -1.84. The third kappa shape index (κ3) is 4.81. The van der Waals surface area contributed by atoms with Crippen LogP contribution in [0.5, 0.6) is 0 Å². The minimum atomic E-state index is 0. The van der Waals surface area contributed by atoms with Gasteiger partial charge in [0, 0.05) is 17.7 Å². The van der Waals surface area contributed by atoms with Gasteiger partial charge >= 0.3 is 0 Å². The molecular formula is C19H23ClN2O. The molecule has 2 aromatic rings. The summed E-state index contributed by atoms with van der Waals surface area (Å²) in [7, 11) is 0. The quantitative estimate of drug-likeness (QED) is 0.866. The molecule has 0 bridgehead atoms. The Labute approximate surface area is 143 Å². The van der Waals surface area contributed by atoms with E-state index in [1.54, 1.807) is 0 Å². The zero-order chi connectivity index (χ0) is 15.2. The van der Waals surface area contributed by atoms with Crippen molar-refractivity contribution in [2.75, 3.05) is 18.4 Å². The van der Waals surface area contributed by atoms with Crippen LogP contribution in [0.3, 0.4) is 0 Å². The van der Waals surface area contributed by atoms with Gasteiger partial charge in [0.1, 0.15) is 0 Å². The van der Waals surface area contributed by atoms with Crippen LogP contribution >= 0.6 is 12.4 Å². The van der Waals surface area contributed by atoms with Gasteiger partial charge in [0.25, 0.3) is 0 Å². The second-order valence-electron chi connectivity index (χ2n) is 5.86. The molecular weight excluding hydrogens is 308 g/mol. The Balaban J connectivity index is 0.00000192. The summed E-state index contributed by atoms with van der Waals surface area (Å²) in [5, 5.41) is 6.42. The number of nitrogens with one attached hydrogen (secondary N) is 2. The number of carbonyl (C=O) groups excluding carboxylic acids is 1. The van der Waals surface area contributed by atoms with Crippen LogP contribution in [-0.2, 0) is 4.79 Å². The van der Waals surface area contributed by atoms with Crippen LogP contribution in [0.1, 0.15) is 19.3 Å². The smallest absolute Gasteiger partial charge is 0.224 e. The monoisotopic (exact) mass is 330 g/mol. The van der Waals surface area contributed by atoms with E-state index in [2.05, 4.69) is 22.8 Å². The molecule has 23 heavy (non-hydrogen) atoms. The van der Waals surface area contributed by atoms with Gasteiger partial charge in [0.15, 0.2) is 0 Å². The lowest BCUT2D eigenvalue weighted by molar-refractivity contribution is -0.116. The Kier molecular flexibility index (Phi) is 6.63. The van der Waals surface area contributed by atoms with E-state index in [0.29, 0.717) is 12.3 Å². The molecule has 1 aliphatic rings. The summed E-state index contributed by atoms with van der Waals surface area (Å²) >= 11 is 0. The fraction of sp³-hybridized carbons (Fsp3) is 0.316. The van der Waals surface area contributed by atoms with Crippen molar-refractivity contribution >= 4 is 24.0 Å². The van der Waals surface area contributed by atoms with E-state index in [1.807, 2.05) is 42.5 Å². The summed E-state index contributed by atoms with van der Waals surface area (Å²) < 4.78 is 0. The second kappa shape index (κ2) is 8.70. The van der Waals surface area contributed by atoms with Gasteiger partial charge in [-0.15, -0.1) is 12.4 Å². The largest absolute Gasteiger partial charge is 0.326 e. The number of rotatable bonds is 5. The maximum absolute atomic E-state index is 12.2. The van der Waals surface area contributed by atoms with Crippen LogP contribution in [0.25, 0.3) is 11.1 Å². The molecule has 4 heteroatoms. The van der Waals surface area contributed by atoms with Gasteiger partial charge in [-0.05, 0) is 43.5 Å². The van der Waals surface area contributed by atoms with Crippen LogP contribution in [0.15, 0.2) is 54.6 Å². The number of anilines is 1. The molecule has 1 amide bonds. The van der Waals surface area contributed by atoms with Crippen molar-refractivity contribution in [1.82, 2.24) is 5.32 Å². The first kappa shape index (κ1) is 17.5. The first-order chi connectivity index (χ1) is 10.8. The predicted octanol–water partition coefficient (Wildman–Crippen LogP) is 4.10. The van der Waals surface area contributed by atoms with Crippen molar-refractivity contribution in [1.29, 1.82) is 0 Å². The lowest BCUT2D eigenvalue weighted by Crippen LogP contribution is -2.15. The molecule has 1 unspecified atom stereocenters. The number of carbonyl (C=O) groups is 1. The highest BCUT2D eigenvalue weighted by molar-refractivity contribution is 5.95. The molecule has 0 radical (unpaired) electrons. The molecule has 3 nitrogen and oxygen atoms in total. The molecule has 122 valence electrons. The van der Waals surface area contributed by atoms with Crippen molar-refractivity contribution < 1.29 is 4.79 Å². The average molecular weight is 331 g/mol. The van der Waals surface area contributed by atoms with Gasteiger partial charge in [0.05, 0.1) is 0 Å². The Bertz CT molecular complexity index is 624. The van der Waals surface area contributed by atoms with E-state index >= 15 is 0 Å². The second-order valence-corrected chi connectivity index (χ2v) is 5.86. The van der Waals surface area contributed by atoms with Crippen LogP contribution in [0.2, 0.25) is 0 Å². The first-order valence-electron chi connectivity index (χ1n) is 7.98.